The minimum Gasteiger partial charge on any atom is -0.497 e. The minimum atomic E-state index is -0.0548. The third kappa shape index (κ3) is 2.28. The number of halogens is 1. The van der Waals surface area contributed by atoms with E-state index in [-0.39, 0.29) is 5.38 Å². The molecule has 0 bridgehead atoms. The fourth-order valence-corrected chi connectivity index (χ4v) is 1.33. The molecule has 1 aromatic carbocycles. The van der Waals surface area contributed by atoms with Crippen LogP contribution >= 0.6 is 11.6 Å². The lowest BCUT2D eigenvalue weighted by Gasteiger charge is -2.11. The van der Waals surface area contributed by atoms with Crippen molar-refractivity contribution in [3.05, 3.63) is 23.8 Å². The highest BCUT2D eigenvalue weighted by atomic mass is 35.5. The van der Waals surface area contributed by atoms with E-state index in [9.17, 15) is 0 Å². The van der Waals surface area contributed by atoms with E-state index in [1.807, 2.05) is 25.1 Å². The zero-order valence-electron chi connectivity index (χ0n) is 8.00. The third-order valence-electron chi connectivity index (χ3n) is 1.87. The molecule has 13 heavy (non-hydrogen) atoms. The van der Waals surface area contributed by atoms with E-state index >= 15 is 0 Å². The predicted octanol–water partition coefficient (Wildman–Crippen LogP) is 3.00. The summed E-state index contributed by atoms with van der Waals surface area (Å²) >= 11 is 5.96. The summed E-state index contributed by atoms with van der Waals surface area (Å²) in [6, 6.07) is 5.61. The molecule has 0 saturated heterocycles. The van der Waals surface area contributed by atoms with Gasteiger partial charge in [-0.15, -0.1) is 11.6 Å². The molecule has 1 rings (SSSR count). The molecule has 0 N–H and O–H groups in total. The second kappa shape index (κ2) is 4.38. The summed E-state index contributed by atoms with van der Waals surface area (Å²) in [4.78, 5) is 0. The van der Waals surface area contributed by atoms with E-state index in [1.54, 1.807) is 14.2 Å². The summed E-state index contributed by atoms with van der Waals surface area (Å²) in [6.07, 6.45) is 0. The lowest BCUT2D eigenvalue weighted by molar-refractivity contribution is 0.391. The van der Waals surface area contributed by atoms with Crippen LogP contribution in [0.4, 0.5) is 0 Å². The van der Waals surface area contributed by atoms with Gasteiger partial charge in [-0.05, 0) is 13.0 Å². The van der Waals surface area contributed by atoms with Gasteiger partial charge in [-0.1, -0.05) is 6.07 Å². The van der Waals surface area contributed by atoms with E-state index in [4.69, 9.17) is 21.1 Å². The summed E-state index contributed by atoms with van der Waals surface area (Å²) in [6.45, 7) is 1.91. The van der Waals surface area contributed by atoms with Crippen LogP contribution in [-0.2, 0) is 0 Å². The number of hydrogen-bond donors (Lipinski definition) is 0. The molecule has 0 aromatic heterocycles. The van der Waals surface area contributed by atoms with Gasteiger partial charge in [0, 0.05) is 11.6 Å². The van der Waals surface area contributed by atoms with E-state index in [1.165, 1.54) is 0 Å². The monoisotopic (exact) mass is 200 g/mol. The zero-order valence-corrected chi connectivity index (χ0v) is 8.76. The van der Waals surface area contributed by atoms with Crippen molar-refractivity contribution in [1.29, 1.82) is 0 Å². The standard InChI is InChI=1S/C10H13ClO2/c1-7(11)9-5-4-8(12-2)6-10(9)13-3/h4-7H,1-3H3. The topological polar surface area (TPSA) is 18.5 Å². The molecule has 2 nitrogen and oxygen atoms in total. The van der Waals surface area contributed by atoms with Crippen LogP contribution in [0.15, 0.2) is 18.2 Å². The number of ether oxygens (including phenoxy) is 2. The van der Waals surface area contributed by atoms with Crippen molar-refractivity contribution in [1.82, 2.24) is 0 Å². The van der Waals surface area contributed by atoms with Gasteiger partial charge in [0.25, 0.3) is 0 Å². The largest absolute Gasteiger partial charge is 0.497 e. The molecular formula is C10H13ClO2. The molecular weight excluding hydrogens is 188 g/mol. The van der Waals surface area contributed by atoms with Gasteiger partial charge >= 0.3 is 0 Å². The predicted molar refractivity (Wildman–Crippen MR) is 53.8 cm³/mol. The summed E-state index contributed by atoms with van der Waals surface area (Å²) in [7, 11) is 3.25. The molecule has 0 saturated carbocycles. The van der Waals surface area contributed by atoms with Crippen LogP contribution in [0.2, 0.25) is 0 Å². The van der Waals surface area contributed by atoms with Crippen LogP contribution in [0.5, 0.6) is 11.5 Å². The average molecular weight is 201 g/mol. The van der Waals surface area contributed by atoms with Gasteiger partial charge in [0.05, 0.1) is 19.6 Å². The molecule has 72 valence electrons. The zero-order chi connectivity index (χ0) is 9.84. The summed E-state index contributed by atoms with van der Waals surface area (Å²) < 4.78 is 10.3. The smallest absolute Gasteiger partial charge is 0.127 e. The van der Waals surface area contributed by atoms with Crippen molar-refractivity contribution < 1.29 is 9.47 Å². The number of alkyl halides is 1. The number of rotatable bonds is 3. The van der Waals surface area contributed by atoms with Gasteiger partial charge in [0.2, 0.25) is 0 Å². The number of hydrogen-bond acceptors (Lipinski definition) is 2. The lowest BCUT2D eigenvalue weighted by Crippen LogP contribution is -1.93. The highest BCUT2D eigenvalue weighted by Crippen LogP contribution is 2.32. The van der Waals surface area contributed by atoms with Gasteiger partial charge < -0.3 is 9.47 Å². The maximum atomic E-state index is 5.96. The van der Waals surface area contributed by atoms with Crippen LogP contribution in [0.1, 0.15) is 17.9 Å². The van der Waals surface area contributed by atoms with Crippen molar-refractivity contribution in [2.45, 2.75) is 12.3 Å². The molecule has 0 aliphatic heterocycles. The van der Waals surface area contributed by atoms with Gasteiger partial charge in [0.1, 0.15) is 11.5 Å². The molecule has 1 atom stereocenters. The van der Waals surface area contributed by atoms with E-state index in [2.05, 4.69) is 0 Å². The molecule has 0 radical (unpaired) electrons. The first-order chi connectivity index (χ1) is 6.19. The normalized spacial score (nSPS) is 12.3. The Morgan fingerprint density at radius 2 is 1.92 bits per heavy atom. The van der Waals surface area contributed by atoms with Gasteiger partial charge in [-0.25, -0.2) is 0 Å². The van der Waals surface area contributed by atoms with E-state index < -0.39 is 0 Å². The molecule has 0 aliphatic carbocycles. The second-order valence-electron chi connectivity index (χ2n) is 2.72. The molecule has 0 aliphatic rings. The van der Waals surface area contributed by atoms with Gasteiger partial charge in [-0.3, -0.25) is 0 Å². The average Bonchev–Trinajstić information content (AvgIpc) is 2.16. The lowest BCUT2D eigenvalue weighted by atomic mass is 10.1. The maximum absolute atomic E-state index is 5.96. The Kier molecular flexibility index (Phi) is 3.43. The van der Waals surface area contributed by atoms with Crippen LogP contribution in [-0.4, -0.2) is 14.2 Å². The van der Waals surface area contributed by atoms with Crippen molar-refractivity contribution in [3.63, 3.8) is 0 Å². The molecule has 0 heterocycles. The Labute approximate surface area is 83.4 Å². The first-order valence-corrected chi connectivity index (χ1v) is 4.48. The highest BCUT2D eigenvalue weighted by molar-refractivity contribution is 6.20. The Morgan fingerprint density at radius 1 is 1.23 bits per heavy atom. The quantitative estimate of drug-likeness (QED) is 0.699. The van der Waals surface area contributed by atoms with Crippen molar-refractivity contribution in [2.75, 3.05) is 14.2 Å². The minimum absolute atomic E-state index is 0.0548. The maximum Gasteiger partial charge on any atom is 0.127 e. The molecule has 0 fully saturated rings. The SMILES string of the molecule is COc1ccc(C(C)Cl)c(OC)c1. The van der Waals surface area contributed by atoms with Crippen LogP contribution in [0.3, 0.4) is 0 Å². The first-order valence-electron chi connectivity index (χ1n) is 4.05. The molecule has 0 amide bonds. The molecule has 3 heteroatoms. The van der Waals surface area contributed by atoms with Gasteiger partial charge in [-0.2, -0.15) is 0 Å². The number of methoxy groups -OCH3 is 2. The Balaban J connectivity index is 3.08. The fraction of sp³-hybridized carbons (Fsp3) is 0.400. The second-order valence-corrected chi connectivity index (χ2v) is 3.38. The highest BCUT2D eigenvalue weighted by Gasteiger charge is 2.09. The molecule has 1 aromatic rings. The Bertz CT molecular complexity index is 284. The van der Waals surface area contributed by atoms with Crippen molar-refractivity contribution in [3.8, 4) is 11.5 Å². The molecule has 1 unspecified atom stereocenters. The summed E-state index contributed by atoms with van der Waals surface area (Å²) in [5.74, 6) is 1.54. The first kappa shape index (κ1) is 10.2. The van der Waals surface area contributed by atoms with E-state index in [0.717, 1.165) is 17.1 Å². The molecule has 0 spiro atoms. The van der Waals surface area contributed by atoms with E-state index in [0.29, 0.717) is 0 Å². The summed E-state index contributed by atoms with van der Waals surface area (Å²) in [5.41, 5.74) is 0.977. The van der Waals surface area contributed by atoms with Crippen LogP contribution < -0.4 is 9.47 Å². The van der Waals surface area contributed by atoms with Crippen LogP contribution in [0.25, 0.3) is 0 Å². The van der Waals surface area contributed by atoms with Crippen molar-refractivity contribution in [2.24, 2.45) is 0 Å². The third-order valence-corrected chi connectivity index (χ3v) is 2.10. The fourth-order valence-electron chi connectivity index (χ4n) is 1.15. The Morgan fingerprint density at radius 3 is 2.38 bits per heavy atom. The summed E-state index contributed by atoms with van der Waals surface area (Å²) in [5, 5.41) is -0.0548. The number of benzene rings is 1. The van der Waals surface area contributed by atoms with Crippen LogP contribution in [0, 0.1) is 0 Å². The van der Waals surface area contributed by atoms with Gasteiger partial charge in [0.15, 0.2) is 0 Å². The Hall–Kier alpha value is -0.890. The van der Waals surface area contributed by atoms with Crippen molar-refractivity contribution >= 4 is 11.6 Å².